The summed E-state index contributed by atoms with van der Waals surface area (Å²) in [6.45, 7) is 2.92. The van der Waals surface area contributed by atoms with Gasteiger partial charge in [0.1, 0.15) is 5.75 Å². The molecule has 1 N–H and O–H groups in total. The van der Waals surface area contributed by atoms with Gasteiger partial charge in [-0.15, -0.1) is 11.3 Å². The number of carbonyl (C=O) groups excluding carboxylic acids is 1. The van der Waals surface area contributed by atoms with Gasteiger partial charge in [0, 0.05) is 79.5 Å². The number of hydrogen-bond donors (Lipinski definition) is 1. The zero-order valence-corrected chi connectivity index (χ0v) is 22.0. The third-order valence-corrected chi connectivity index (χ3v) is 9.68. The number of thiophene rings is 1. The quantitative estimate of drug-likeness (QED) is 0.523. The number of piperazine rings is 1. The molecule has 4 heterocycles. The van der Waals surface area contributed by atoms with Gasteiger partial charge in [0.05, 0.1) is 16.0 Å². The van der Waals surface area contributed by atoms with Gasteiger partial charge in [-0.25, -0.2) is 12.7 Å². The molecule has 1 aromatic carbocycles. The standard InChI is InChI=1S/C24H27ClN4O4S2/c1-28(2)35(31,32)10-4-17-14-20-23(34-17)18(3-5-27-20)19-13-16(25)11-15-12-21(33-22(15)19)24(30)29-8-6-26-7-9-29/h3,5,11,13-14,21,26H,4,6-10,12H2,1-2H3/t21-/m1/s1. The summed E-state index contributed by atoms with van der Waals surface area (Å²) in [5.41, 5.74) is 3.45. The number of fused-ring (bicyclic) bond motifs is 2. The maximum atomic E-state index is 13.1. The van der Waals surface area contributed by atoms with Gasteiger partial charge in [0.2, 0.25) is 10.0 Å². The van der Waals surface area contributed by atoms with Crippen LogP contribution in [0.15, 0.2) is 30.5 Å². The van der Waals surface area contributed by atoms with Crippen molar-refractivity contribution in [2.45, 2.75) is 18.9 Å². The molecule has 1 atom stereocenters. The number of aryl methyl sites for hydroxylation is 1. The van der Waals surface area contributed by atoms with E-state index in [1.165, 1.54) is 15.6 Å². The smallest absolute Gasteiger partial charge is 0.264 e. The molecule has 1 saturated heterocycles. The van der Waals surface area contributed by atoms with Gasteiger partial charge in [0.25, 0.3) is 5.91 Å². The van der Waals surface area contributed by atoms with Crippen LogP contribution >= 0.6 is 22.9 Å². The Hall–Kier alpha value is -2.24. The van der Waals surface area contributed by atoms with E-state index >= 15 is 0 Å². The number of pyridine rings is 1. The number of nitrogens with one attached hydrogen (secondary N) is 1. The second-order valence-electron chi connectivity index (χ2n) is 8.96. The summed E-state index contributed by atoms with van der Waals surface area (Å²) in [7, 11) is -0.208. The number of sulfonamides is 1. The normalized spacial score (nSPS) is 18.2. The molecular weight excluding hydrogens is 508 g/mol. The van der Waals surface area contributed by atoms with Gasteiger partial charge in [-0.1, -0.05) is 11.6 Å². The van der Waals surface area contributed by atoms with E-state index in [1.807, 2.05) is 29.2 Å². The lowest BCUT2D eigenvalue weighted by atomic mass is 10.0. The van der Waals surface area contributed by atoms with E-state index in [4.69, 9.17) is 16.3 Å². The van der Waals surface area contributed by atoms with E-state index < -0.39 is 16.1 Å². The van der Waals surface area contributed by atoms with Crippen LogP contribution in [0.1, 0.15) is 10.4 Å². The first-order valence-corrected chi connectivity index (χ1v) is 14.3. The van der Waals surface area contributed by atoms with Crippen LogP contribution in [0.3, 0.4) is 0 Å². The highest BCUT2D eigenvalue weighted by Crippen LogP contribution is 2.44. The zero-order valence-electron chi connectivity index (χ0n) is 19.6. The first-order valence-electron chi connectivity index (χ1n) is 11.5. The molecule has 0 bridgehead atoms. The molecule has 11 heteroatoms. The molecular formula is C24H27ClN4O4S2. The molecule has 2 aromatic heterocycles. The molecule has 3 aromatic rings. The van der Waals surface area contributed by atoms with Crippen molar-refractivity contribution in [1.29, 1.82) is 0 Å². The van der Waals surface area contributed by atoms with Crippen molar-refractivity contribution in [2.24, 2.45) is 0 Å². The van der Waals surface area contributed by atoms with E-state index in [0.717, 1.165) is 44.9 Å². The van der Waals surface area contributed by atoms with Crippen LogP contribution in [-0.4, -0.2) is 80.6 Å². The monoisotopic (exact) mass is 534 g/mol. The number of hydrogen-bond acceptors (Lipinski definition) is 7. The van der Waals surface area contributed by atoms with Gasteiger partial charge >= 0.3 is 0 Å². The van der Waals surface area contributed by atoms with E-state index in [-0.39, 0.29) is 11.7 Å². The fraction of sp³-hybridized carbons (Fsp3) is 0.417. The maximum Gasteiger partial charge on any atom is 0.264 e. The van der Waals surface area contributed by atoms with E-state index in [9.17, 15) is 13.2 Å². The lowest BCUT2D eigenvalue weighted by Gasteiger charge is -2.29. The Morgan fingerprint density at radius 1 is 1.26 bits per heavy atom. The fourth-order valence-electron chi connectivity index (χ4n) is 4.49. The summed E-state index contributed by atoms with van der Waals surface area (Å²) in [4.78, 5) is 20.4. The minimum atomic E-state index is -3.29. The largest absolute Gasteiger partial charge is 0.479 e. The predicted octanol–water partition coefficient (Wildman–Crippen LogP) is 2.79. The molecule has 0 unspecified atom stereocenters. The number of benzene rings is 1. The van der Waals surface area contributed by atoms with Crippen molar-refractivity contribution in [3.63, 3.8) is 0 Å². The fourth-order valence-corrected chi connectivity index (χ4v) is 6.84. The Kier molecular flexibility index (Phi) is 6.75. The lowest BCUT2D eigenvalue weighted by molar-refractivity contribution is -0.138. The molecule has 35 heavy (non-hydrogen) atoms. The Morgan fingerprint density at radius 3 is 2.77 bits per heavy atom. The van der Waals surface area contributed by atoms with Crippen LogP contribution in [0.5, 0.6) is 5.75 Å². The molecule has 0 radical (unpaired) electrons. The third-order valence-electron chi connectivity index (χ3n) is 6.42. The Labute approximate surface area is 213 Å². The molecule has 0 saturated carbocycles. The van der Waals surface area contributed by atoms with Crippen LogP contribution in [0.2, 0.25) is 5.02 Å². The van der Waals surface area contributed by atoms with Gasteiger partial charge in [-0.05, 0) is 30.7 Å². The molecule has 0 spiro atoms. The summed E-state index contributed by atoms with van der Waals surface area (Å²) >= 11 is 8.02. The minimum Gasteiger partial charge on any atom is -0.479 e. The lowest BCUT2D eigenvalue weighted by Crippen LogP contribution is -2.50. The number of halogens is 1. The number of nitrogens with zero attached hydrogens (tertiary/aromatic N) is 3. The SMILES string of the molecule is CN(C)S(=O)(=O)CCc1cc2nccc(-c3cc(Cl)cc4c3O[C@@H](C(=O)N3CCNCC3)C4)c2s1. The topological polar surface area (TPSA) is 91.8 Å². The van der Waals surface area contributed by atoms with Gasteiger partial charge in [-0.3, -0.25) is 9.78 Å². The predicted molar refractivity (Wildman–Crippen MR) is 139 cm³/mol. The van der Waals surface area contributed by atoms with Crippen LogP contribution < -0.4 is 10.1 Å². The second kappa shape index (κ2) is 9.67. The minimum absolute atomic E-state index is 0.00478. The highest BCUT2D eigenvalue weighted by Gasteiger charge is 2.35. The van der Waals surface area contributed by atoms with Gasteiger partial charge in [-0.2, -0.15) is 0 Å². The van der Waals surface area contributed by atoms with Crippen molar-refractivity contribution >= 4 is 49.1 Å². The molecule has 1 amide bonds. The number of aromatic nitrogens is 1. The Bertz CT molecular complexity index is 1380. The van der Waals surface area contributed by atoms with Crippen LogP contribution in [-0.2, 0) is 27.7 Å². The first kappa shape index (κ1) is 24.5. The van der Waals surface area contributed by atoms with Gasteiger partial charge < -0.3 is 15.0 Å². The number of amides is 1. The summed E-state index contributed by atoms with van der Waals surface area (Å²) in [5.74, 6) is 0.721. The van der Waals surface area contributed by atoms with Crippen molar-refractivity contribution in [2.75, 3.05) is 46.0 Å². The highest BCUT2D eigenvalue weighted by atomic mass is 35.5. The number of rotatable bonds is 6. The second-order valence-corrected chi connectivity index (χ2v) is 12.8. The number of ether oxygens (including phenoxy) is 1. The average Bonchev–Trinajstić information content (AvgIpc) is 3.46. The molecule has 5 rings (SSSR count). The summed E-state index contributed by atoms with van der Waals surface area (Å²) in [6.07, 6.45) is 2.06. The molecule has 2 aliphatic heterocycles. The Morgan fingerprint density at radius 2 is 2.03 bits per heavy atom. The van der Waals surface area contributed by atoms with Crippen molar-refractivity contribution < 1.29 is 17.9 Å². The van der Waals surface area contributed by atoms with E-state index in [0.29, 0.717) is 36.7 Å². The maximum absolute atomic E-state index is 13.1. The van der Waals surface area contributed by atoms with Crippen LogP contribution in [0, 0.1) is 0 Å². The summed E-state index contributed by atoms with van der Waals surface area (Å²) in [5, 5.41) is 3.84. The molecule has 186 valence electrons. The van der Waals surface area contributed by atoms with Crippen molar-refractivity contribution in [3.8, 4) is 16.9 Å². The van der Waals surface area contributed by atoms with E-state index in [2.05, 4.69) is 10.3 Å². The molecule has 2 aliphatic rings. The molecule has 8 nitrogen and oxygen atoms in total. The Balaban J connectivity index is 1.46. The zero-order chi connectivity index (χ0) is 24.7. The number of carbonyl (C=O) groups is 1. The average molecular weight is 535 g/mol. The highest BCUT2D eigenvalue weighted by molar-refractivity contribution is 7.89. The summed E-state index contributed by atoms with van der Waals surface area (Å²) < 4.78 is 32.9. The molecule has 0 aliphatic carbocycles. The van der Waals surface area contributed by atoms with E-state index in [1.54, 1.807) is 20.3 Å². The van der Waals surface area contributed by atoms with Gasteiger partial charge in [0.15, 0.2) is 6.10 Å². The van der Waals surface area contributed by atoms with Crippen LogP contribution in [0.4, 0.5) is 0 Å². The first-order chi connectivity index (χ1) is 16.7. The molecule has 1 fully saturated rings. The summed E-state index contributed by atoms with van der Waals surface area (Å²) in [6, 6.07) is 7.59. The third kappa shape index (κ3) is 4.90. The van der Waals surface area contributed by atoms with Crippen molar-refractivity contribution in [1.82, 2.24) is 19.5 Å². The van der Waals surface area contributed by atoms with Crippen molar-refractivity contribution in [3.05, 3.63) is 45.9 Å². The van der Waals surface area contributed by atoms with Crippen LogP contribution in [0.25, 0.3) is 21.3 Å².